The average molecular weight is 259 g/mol. The van der Waals surface area contributed by atoms with E-state index in [-0.39, 0.29) is 5.92 Å². The van der Waals surface area contributed by atoms with Gasteiger partial charge in [-0.2, -0.15) is 0 Å². The Bertz CT molecular complexity index is 379. The maximum absolute atomic E-state index is 10.2. The number of hydrogen-bond donors (Lipinski definition) is 1. The van der Waals surface area contributed by atoms with Gasteiger partial charge in [0.25, 0.3) is 0 Å². The van der Waals surface area contributed by atoms with Crippen LogP contribution in [0.15, 0.2) is 12.1 Å². The lowest BCUT2D eigenvalue weighted by atomic mass is 9.95. The summed E-state index contributed by atoms with van der Waals surface area (Å²) in [5, 5.41) is 10.7. The van der Waals surface area contributed by atoms with Crippen molar-refractivity contribution in [2.75, 3.05) is 14.2 Å². The Kier molecular flexibility index (Phi) is 5.09. The topological polar surface area (TPSA) is 38.7 Å². The Hall–Kier alpha value is -0.930. The highest BCUT2D eigenvalue weighted by Gasteiger charge is 2.20. The minimum atomic E-state index is -0.590. The number of halogens is 1. The molecule has 0 amide bonds. The lowest BCUT2D eigenvalue weighted by Crippen LogP contribution is -2.09. The molecule has 0 saturated heterocycles. The third-order valence-corrected chi connectivity index (χ3v) is 3.33. The fraction of sp³-hybridized carbons (Fsp3) is 0.538. The van der Waals surface area contributed by atoms with E-state index in [1.807, 2.05) is 13.8 Å². The van der Waals surface area contributed by atoms with Crippen molar-refractivity contribution in [3.05, 3.63) is 22.7 Å². The largest absolute Gasteiger partial charge is 0.493 e. The van der Waals surface area contributed by atoms with E-state index in [2.05, 4.69) is 0 Å². The Morgan fingerprint density at radius 1 is 1.24 bits per heavy atom. The van der Waals surface area contributed by atoms with Crippen molar-refractivity contribution in [1.82, 2.24) is 0 Å². The van der Waals surface area contributed by atoms with Gasteiger partial charge in [-0.05, 0) is 12.0 Å². The van der Waals surface area contributed by atoms with Crippen molar-refractivity contribution in [2.24, 2.45) is 5.92 Å². The van der Waals surface area contributed by atoms with Gasteiger partial charge in [0.2, 0.25) is 0 Å². The van der Waals surface area contributed by atoms with E-state index in [0.717, 1.165) is 6.42 Å². The first-order valence-corrected chi connectivity index (χ1v) is 6.02. The number of aliphatic hydroxyl groups is 1. The molecule has 17 heavy (non-hydrogen) atoms. The standard InChI is InChI=1S/C13H19ClO3/c1-5-8(2)13(15)9-6-11(16-3)12(17-4)7-10(9)14/h6-8,13,15H,5H2,1-4H3. The molecule has 0 heterocycles. The van der Waals surface area contributed by atoms with E-state index < -0.39 is 6.10 Å². The van der Waals surface area contributed by atoms with Gasteiger partial charge in [0.15, 0.2) is 11.5 Å². The summed E-state index contributed by atoms with van der Waals surface area (Å²) >= 11 is 6.14. The van der Waals surface area contributed by atoms with Crippen LogP contribution in [-0.2, 0) is 0 Å². The summed E-state index contributed by atoms with van der Waals surface area (Å²) in [5.74, 6) is 1.29. The second-order valence-electron chi connectivity index (χ2n) is 4.06. The van der Waals surface area contributed by atoms with E-state index in [1.54, 1.807) is 26.4 Å². The predicted octanol–water partition coefficient (Wildman–Crippen LogP) is 3.44. The van der Waals surface area contributed by atoms with Crippen molar-refractivity contribution < 1.29 is 14.6 Å². The van der Waals surface area contributed by atoms with Gasteiger partial charge in [0.05, 0.1) is 25.3 Å². The molecule has 0 radical (unpaired) electrons. The van der Waals surface area contributed by atoms with Crippen LogP contribution < -0.4 is 9.47 Å². The van der Waals surface area contributed by atoms with E-state index in [0.29, 0.717) is 22.1 Å². The molecule has 2 unspecified atom stereocenters. The zero-order valence-electron chi connectivity index (χ0n) is 10.7. The van der Waals surface area contributed by atoms with Gasteiger partial charge in [0, 0.05) is 11.6 Å². The summed E-state index contributed by atoms with van der Waals surface area (Å²) in [5.41, 5.74) is 0.679. The number of hydrogen-bond acceptors (Lipinski definition) is 3. The first-order valence-electron chi connectivity index (χ1n) is 5.64. The van der Waals surface area contributed by atoms with Crippen LogP contribution in [0.1, 0.15) is 31.9 Å². The third kappa shape index (κ3) is 3.05. The zero-order valence-corrected chi connectivity index (χ0v) is 11.4. The highest BCUT2D eigenvalue weighted by Crippen LogP contribution is 2.38. The quantitative estimate of drug-likeness (QED) is 0.879. The Labute approximate surface area is 107 Å². The zero-order chi connectivity index (χ0) is 13.0. The van der Waals surface area contributed by atoms with Gasteiger partial charge in [-0.3, -0.25) is 0 Å². The number of rotatable bonds is 5. The van der Waals surface area contributed by atoms with Gasteiger partial charge in [-0.1, -0.05) is 31.9 Å². The minimum absolute atomic E-state index is 0.144. The van der Waals surface area contributed by atoms with Crippen molar-refractivity contribution >= 4 is 11.6 Å². The second-order valence-corrected chi connectivity index (χ2v) is 4.47. The van der Waals surface area contributed by atoms with Crippen LogP contribution in [0.3, 0.4) is 0 Å². The number of aliphatic hydroxyl groups excluding tert-OH is 1. The molecule has 0 aliphatic carbocycles. The summed E-state index contributed by atoms with van der Waals surface area (Å²) in [6.07, 6.45) is 0.290. The number of methoxy groups -OCH3 is 2. The van der Waals surface area contributed by atoms with Crippen molar-refractivity contribution in [2.45, 2.75) is 26.4 Å². The molecular weight excluding hydrogens is 240 g/mol. The summed E-state index contributed by atoms with van der Waals surface area (Å²) in [6.45, 7) is 4.01. The van der Waals surface area contributed by atoms with Gasteiger partial charge < -0.3 is 14.6 Å². The van der Waals surface area contributed by atoms with Crippen molar-refractivity contribution in [3.8, 4) is 11.5 Å². The molecule has 0 fully saturated rings. The normalized spacial score (nSPS) is 14.2. The monoisotopic (exact) mass is 258 g/mol. The fourth-order valence-corrected chi connectivity index (χ4v) is 1.89. The van der Waals surface area contributed by atoms with E-state index >= 15 is 0 Å². The molecule has 0 saturated carbocycles. The molecule has 0 aliphatic rings. The molecule has 0 aliphatic heterocycles. The van der Waals surface area contributed by atoms with Gasteiger partial charge in [-0.25, -0.2) is 0 Å². The average Bonchev–Trinajstić information content (AvgIpc) is 2.36. The molecule has 0 spiro atoms. The van der Waals surface area contributed by atoms with Gasteiger partial charge in [-0.15, -0.1) is 0 Å². The summed E-state index contributed by atoms with van der Waals surface area (Å²) in [4.78, 5) is 0. The first kappa shape index (κ1) is 14.1. The highest BCUT2D eigenvalue weighted by atomic mass is 35.5. The smallest absolute Gasteiger partial charge is 0.162 e. The molecular formula is C13H19ClO3. The van der Waals surface area contributed by atoms with E-state index in [9.17, 15) is 5.11 Å². The molecule has 4 heteroatoms. The van der Waals surface area contributed by atoms with Crippen LogP contribution in [-0.4, -0.2) is 19.3 Å². The number of benzene rings is 1. The molecule has 1 aromatic rings. The molecule has 0 bridgehead atoms. The third-order valence-electron chi connectivity index (χ3n) is 3.00. The Balaban J connectivity index is 3.16. The maximum atomic E-state index is 10.2. The molecule has 1 N–H and O–H groups in total. The highest BCUT2D eigenvalue weighted by molar-refractivity contribution is 6.31. The van der Waals surface area contributed by atoms with Crippen LogP contribution in [0, 0.1) is 5.92 Å². The molecule has 1 rings (SSSR count). The lowest BCUT2D eigenvalue weighted by Gasteiger charge is -2.20. The van der Waals surface area contributed by atoms with Crippen molar-refractivity contribution in [1.29, 1.82) is 0 Å². The van der Waals surface area contributed by atoms with Gasteiger partial charge in [0.1, 0.15) is 0 Å². The molecule has 0 aromatic heterocycles. The molecule has 3 nitrogen and oxygen atoms in total. The lowest BCUT2D eigenvalue weighted by molar-refractivity contribution is 0.115. The van der Waals surface area contributed by atoms with Crippen LogP contribution in [0.25, 0.3) is 0 Å². The van der Waals surface area contributed by atoms with Crippen LogP contribution in [0.2, 0.25) is 5.02 Å². The van der Waals surface area contributed by atoms with Crippen LogP contribution >= 0.6 is 11.6 Å². The first-order chi connectivity index (χ1) is 8.04. The van der Waals surface area contributed by atoms with Crippen LogP contribution in [0.4, 0.5) is 0 Å². The molecule has 96 valence electrons. The molecule has 1 aromatic carbocycles. The summed E-state index contributed by atoms with van der Waals surface area (Å²) in [6, 6.07) is 3.40. The fourth-order valence-electron chi connectivity index (χ4n) is 1.63. The summed E-state index contributed by atoms with van der Waals surface area (Å²) in [7, 11) is 3.12. The van der Waals surface area contributed by atoms with Gasteiger partial charge >= 0.3 is 0 Å². The molecule has 2 atom stereocenters. The Morgan fingerprint density at radius 3 is 2.24 bits per heavy atom. The SMILES string of the molecule is CCC(C)C(O)c1cc(OC)c(OC)cc1Cl. The van der Waals surface area contributed by atoms with Crippen molar-refractivity contribution in [3.63, 3.8) is 0 Å². The van der Waals surface area contributed by atoms with Crippen LogP contribution in [0.5, 0.6) is 11.5 Å². The number of ether oxygens (including phenoxy) is 2. The minimum Gasteiger partial charge on any atom is -0.493 e. The predicted molar refractivity (Wildman–Crippen MR) is 69.0 cm³/mol. The second kappa shape index (κ2) is 6.12. The van der Waals surface area contributed by atoms with E-state index in [4.69, 9.17) is 21.1 Å². The maximum Gasteiger partial charge on any atom is 0.162 e. The van der Waals surface area contributed by atoms with E-state index in [1.165, 1.54) is 0 Å². The summed E-state index contributed by atoms with van der Waals surface area (Å²) < 4.78 is 10.3. The Morgan fingerprint density at radius 2 is 1.76 bits per heavy atom.